The predicted octanol–water partition coefficient (Wildman–Crippen LogP) is 4.04. The van der Waals surface area contributed by atoms with Crippen LogP contribution in [0.15, 0.2) is 46.6 Å². The van der Waals surface area contributed by atoms with Crippen LogP contribution in [0.3, 0.4) is 0 Å². The van der Waals surface area contributed by atoms with Gasteiger partial charge >= 0.3 is 0 Å². The van der Waals surface area contributed by atoms with Crippen LogP contribution in [0.4, 0.5) is 21.8 Å². The van der Waals surface area contributed by atoms with E-state index < -0.39 is 11.2 Å². The number of hydrogen-bond donors (Lipinski definition) is 3. The maximum Gasteiger partial charge on any atom is 0.158 e. The second kappa shape index (κ2) is 9.65. The van der Waals surface area contributed by atoms with Crippen LogP contribution in [0.25, 0.3) is 0 Å². The number of anilines is 3. The summed E-state index contributed by atoms with van der Waals surface area (Å²) < 4.78 is 20.0. The van der Waals surface area contributed by atoms with Gasteiger partial charge in [0, 0.05) is 61.6 Å². The molecule has 3 aromatic rings. The van der Waals surface area contributed by atoms with Crippen molar-refractivity contribution in [2.75, 3.05) is 41.7 Å². The van der Waals surface area contributed by atoms with E-state index >= 15 is 0 Å². The van der Waals surface area contributed by atoms with Gasteiger partial charge in [-0.15, -0.1) is 0 Å². The number of ether oxygens (including phenoxy) is 1. The number of hydrogen-bond acceptors (Lipinski definition) is 10. The quantitative estimate of drug-likeness (QED) is 0.413. The average Bonchev–Trinajstić information content (AvgIpc) is 3.12. The summed E-state index contributed by atoms with van der Waals surface area (Å²) in [5.41, 5.74) is 12.3. The van der Waals surface area contributed by atoms with Crippen molar-refractivity contribution in [3.05, 3.63) is 53.1 Å². The number of pyridine rings is 1. The summed E-state index contributed by atoms with van der Waals surface area (Å²) in [7, 11) is 0. The number of rotatable bonds is 5. The highest BCUT2D eigenvalue weighted by molar-refractivity contribution is 7.99. The SMILES string of the molecule is CC(C)(O)C1CN(c2nccc(Sc3ncc(N4CCC5(CC4)Oc4ccc(F)cc4[C@H]5N)nc3N)c2Cl)C1. The number of nitrogens with two attached hydrogens (primary N) is 2. The summed E-state index contributed by atoms with van der Waals surface area (Å²) in [6.07, 6.45) is 4.77. The standard InChI is InChI=1S/C27H31ClFN7O2S/c1-26(2,37)15-13-36(14-15)24-21(28)19(5-8-32-24)39-25-23(31)34-20(12-33-25)35-9-6-27(7-10-35)22(30)17-11-16(29)3-4-18(17)38-27/h3-5,8,11-12,15,22,37H,6-7,9-10,13-14,30H2,1-2H3,(H2,31,34)/t22-/m1/s1. The molecule has 12 heteroatoms. The minimum absolute atomic E-state index is 0.166. The van der Waals surface area contributed by atoms with Crippen molar-refractivity contribution in [1.29, 1.82) is 0 Å². The fourth-order valence-electron chi connectivity index (χ4n) is 5.48. The molecule has 3 aliphatic heterocycles. The normalized spacial score (nSPS) is 20.6. The van der Waals surface area contributed by atoms with Crippen molar-refractivity contribution in [3.63, 3.8) is 0 Å². The molecule has 0 unspecified atom stereocenters. The van der Waals surface area contributed by atoms with Crippen molar-refractivity contribution in [2.24, 2.45) is 11.7 Å². The summed E-state index contributed by atoms with van der Waals surface area (Å²) in [5, 5.41) is 11.3. The highest BCUT2D eigenvalue weighted by Crippen LogP contribution is 2.48. The summed E-state index contributed by atoms with van der Waals surface area (Å²) >= 11 is 8.07. The van der Waals surface area contributed by atoms with Gasteiger partial charge in [-0.1, -0.05) is 23.4 Å². The fourth-order valence-corrected chi connectivity index (χ4v) is 6.60. The lowest BCUT2D eigenvalue weighted by molar-refractivity contribution is 0.00437. The van der Waals surface area contributed by atoms with Gasteiger partial charge in [-0.2, -0.15) is 0 Å². The van der Waals surface area contributed by atoms with E-state index in [-0.39, 0.29) is 17.8 Å². The van der Waals surface area contributed by atoms with Gasteiger partial charge in [0.2, 0.25) is 0 Å². The smallest absolute Gasteiger partial charge is 0.158 e. The Bertz CT molecular complexity index is 1410. The van der Waals surface area contributed by atoms with E-state index in [1.165, 1.54) is 23.9 Å². The number of nitrogen functional groups attached to an aromatic ring is 1. The van der Waals surface area contributed by atoms with Crippen LogP contribution in [-0.4, -0.2) is 57.4 Å². The van der Waals surface area contributed by atoms with Crippen LogP contribution in [0.5, 0.6) is 5.75 Å². The van der Waals surface area contributed by atoms with E-state index in [0.717, 1.165) is 10.5 Å². The van der Waals surface area contributed by atoms with Gasteiger partial charge in [0.1, 0.15) is 33.8 Å². The maximum atomic E-state index is 13.8. The summed E-state index contributed by atoms with van der Waals surface area (Å²) in [4.78, 5) is 18.6. The molecular weight excluding hydrogens is 541 g/mol. The zero-order valence-electron chi connectivity index (χ0n) is 21.8. The molecule has 0 bridgehead atoms. The van der Waals surface area contributed by atoms with E-state index in [2.05, 4.69) is 24.8 Å². The van der Waals surface area contributed by atoms with E-state index in [4.69, 9.17) is 27.8 Å². The fraction of sp³-hybridized carbons (Fsp3) is 0.444. The average molecular weight is 572 g/mol. The lowest BCUT2D eigenvalue weighted by atomic mass is 9.83. The first-order valence-electron chi connectivity index (χ1n) is 13.0. The van der Waals surface area contributed by atoms with Crippen molar-refractivity contribution in [1.82, 2.24) is 15.0 Å². The molecule has 0 saturated carbocycles. The Kier molecular flexibility index (Phi) is 6.53. The van der Waals surface area contributed by atoms with Crippen LogP contribution in [0.2, 0.25) is 5.02 Å². The predicted molar refractivity (Wildman–Crippen MR) is 150 cm³/mol. The van der Waals surface area contributed by atoms with E-state index in [9.17, 15) is 9.50 Å². The third-order valence-corrected chi connectivity index (χ3v) is 9.65. The zero-order chi connectivity index (χ0) is 27.5. The van der Waals surface area contributed by atoms with Gasteiger partial charge in [-0.05, 0) is 38.1 Å². The molecule has 5 N–H and O–H groups in total. The van der Waals surface area contributed by atoms with Gasteiger partial charge < -0.3 is 31.1 Å². The molecular formula is C27H31ClFN7O2S. The molecule has 5 heterocycles. The molecule has 0 radical (unpaired) electrons. The lowest BCUT2D eigenvalue weighted by Crippen LogP contribution is -2.56. The first kappa shape index (κ1) is 26.4. The zero-order valence-corrected chi connectivity index (χ0v) is 23.3. The molecule has 1 atom stereocenters. The number of benzene rings is 1. The number of halogens is 2. The van der Waals surface area contributed by atoms with Crippen molar-refractivity contribution >= 4 is 40.8 Å². The Morgan fingerprint density at radius 2 is 1.92 bits per heavy atom. The number of piperidine rings is 1. The van der Waals surface area contributed by atoms with E-state index in [1.807, 2.05) is 19.9 Å². The lowest BCUT2D eigenvalue weighted by Gasteiger charge is -2.46. The van der Waals surface area contributed by atoms with Crippen molar-refractivity contribution in [3.8, 4) is 5.75 Å². The Balaban J connectivity index is 1.12. The van der Waals surface area contributed by atoms with Crippen LogP contribution in [0.1, 0.15) is 38.3 Å². The van der Waals surface area contributed by atoms with Crippen LogP contribution in [-0.2, 0) is 0 Å². The molecule has 2 saturated heterocycles. The highest BCUT2D eigenvalue weighted by Gasteiger charge is 2.48. The van der Waals surface area contributed by atoms with Gasteiger partial charge in [0.25, 0.3) is 0 Å². The Labute approximate surface area is 235 Å². The van der Waals surface area contributed by atoms with Gasteiger partial charge in [0.05, 0.1) is 22.9 Å². The molecule has 0 aliphatic carbocycles. The Morgan fingerprint density at radius 1 is 1.18 bits per heavy atom. The number of aromatic nitrogens is 3. The van der Waals surface area contributed by atoms with Crippen LogP contribution >= 0.6 is 23.4 Å². The van der Waals surface area contributed by atoms with E-state index in [0.29, 0.717) is 72.3 Å². The highest BCUT2D eigenvalue weighted by atomic mass is 35.5. The molecule has 9 nitrogen and oxygen atoms in total. The van der Waals surface area contributed by atoms with E-state index in [1.54, 1.807) is 18.5 Å². The minimum atomic E-state index is -0.739. The first-order valence-corrected chi connectivity index (χ1v) is 14.1. The van der Waals surface area contributed by atoms with Crippen molar-refractivity contribution in [2.45, 2.75) is 53.9 Å². The minimum Gasteiger partial charge on any atom is -0.485 e. The third kappa shape index (κ3) is 4.75. The summed E-state index contributed by atoms with van der Waals surface area (Å²) in [6.45, 7) is 6.34. The second-order valence-electron chi connectivity index (χ2n) is 11.0. The number of aliphatic hydroxyl groups is 1. The molecule has 1 spiro atoms. The molecule has 2 aromatic heterocycles. The molecule has 206 valence electrons. The monoisotopic (exact) mass is 571 g/mol. The molecule has 6 rings (SSSR count). The third-order valence-electron chi connectivity index (χ3n) is 8.09. The maximum absolute atomic E-state index is 13.8. The largest absolute Gasteiger partial charge is 0.485 e. The molecule has 1 aromatic carbocycles. The van der Waals surface area contributed by atoms with Gasteiger partial charge in [-0.25, -0.2) is 19.3 Å². The Morgan fingerprint density at radius 3 is 2.62 bits per heavy atom. The molecule has 2 fully saturated rings. The van der Waals surface area contributed by atoms with Crippen molar-refractivity contribution < 1.29 is 14.2 Å². The number of fused-ring (bicyclic) bond motifs is 1. The Hall–Kier alpha value is -2.86. The molecule has 0 amide bonds. The summed E-state index contributed by atoms with van der Waals surface area (Å²) in [5.74, 6) is 2.20. The first-order chi connectivity index (χ1) is 18.5. The van der Waals surface area contributed by atoms with Gasteiger partial charge in [0.15, 0.2) is 5.82 Å². The second-order valence-corrected chi connectivity index (χ2v) is 12.4. The van der Waals surface area contributed by atoms with Gasteiger partial charge in [-0.3, -0.25) is 0 Å². The van der Waals surface area contributed by atoms with Crippen LogP contribution in [0, 0.1) is 11.7 Å². The number of nitrogens with zero attached hydrogens (tertiary/aromatic N) is 5. The summed E-state index contributed by atoms with van der Waals surface area (Å²) in [6, 6.07) is 5.97. The van der Waals surface area contributed by atoms with Crippen LogP contribution < -0.4 is 26.0 Å². The molecule has 39 heavy (non-hydrogen) atoms. The molecule has 3 aliphatic rings. The topological polar surface area (TPSA) is 127 Å².